The quantitative estimate of drug-likeness (QED) is 0.717. The Balaban J connectivity index is 4.77. The summed E-state index contributed by atoms with van der Waals surface area (Å²) < 4.78 is 0. The average Bonchev–Trinajstić information content (AvgIpc) is 2.24. The Morgan fingerprint density at radius 2 is 1.48 bits per heavy atom. The van der Waals surface area contributed by atoms with Gasteiger partial charge in [-0.25, -0.2) is 0 Å². The van der Waals surface area contributed by atoms with Crippen molar-refractivity contribution in [1.82, 2.24) is 10.6 Å². The maximum Gasteiger partial charge on any atom is 0.305 e. The van der Waals surface area contributed by atoms with Crippen molar-refractivity contribution >= 4 is 17.8 Å². The van der Waals surface area contributed by atoms with E-state index in [4.69, 9.17) is 5.11 Å². The first-order chi connectivity index (χ1) is 9.25. The summed E-state index contributed by atoms with van der Waals surface area (Å²) in [6, 6.07) is -1.22. The molecule has 0 aromatic rings. The van der Waals surface area contributed by atoms with Gasteiger partial charge in [0, 0.05) is 11.5 Å². The van der Waals surface area contributed by atoms with Crippen molar-refractivity contribution in [3.05, 3.63) is 0 Å². The van der Waals surface area contributed by atoms with Gasteiger partial charge in [0.25, 0.3) is 0 Å². The van der Waals surface area contributed by atoms with E-state index in [1.54, 1.807) is 27.7 Å². The van der Waals surface area contributed by atoms with Gasteiger partial charge in [-0.3, -0.25) is 14.4 Å². The molecule has 0 saturated heterocycles. The Labute approximate surface area is 126 Å². The fourth-order valence-corrected chi connectivity index (χ4v) is 1.52. The standard InChI is InChI=1S/C15H28N2O4/c1-9(16-13(21)15(5,6)7)12(20)17-10(8-11(18)19)14(2,3)4/h9-10H,8H2,1-7H3,(H,16,21)(H,17,20)(H,18,19). The van der Waals surface area contributed by atoms with E-state index in [0.717, 1.165) is 0 Å². The number of rotatable bonds is 5. The van der Waals surface area contributed by atoms with E-state index in [1.165, 1.54) is 0 Å². The maximum absolute atomic E-state index is 12.1. The Hall–Kier alpha value is -1.59. The zero-order valence-electron chi connectivity index (χ0n) is 14.0. The molecule has 0 aliphatic heterocycles. The Morgan fingerprint density at radius 3 is 1.81 bits per heavy atom. The summed E-state index contributed by atoms with van der Waals surface area (Å²) in [5.41, 5.74) is -0.971. The molecule has 122 valence electrons. The Bertz CT molecular complexity index is 405. The van der Waals surface area contributed by atoms with Crippen molar-refractivity contribution in [2.75, 3.05) is 0 Å². The van der Waals surface area contributed by atoms with Crippen molar-refractivity contribution in [2.45, 2.75) is 67.0 Å². The van der Waals surface area contributed by atoms with Crippen LogP contribution in [-0.2, 0) is 14.4 Å². The van der Waals surface area contributed by atoms with Crippen LogP contribution in [-0.4, -0.2) is 35.0 Å². The van der Waals surface area contributed by atoms with Crippen LogP contribution in [0.2, 0.25) is 0 Å². The predicted molar refractivity (Wildman–Crippen MR) is 80.7 cm³/mol. The monoisotopic (exact) mass is 300 g/mol. The number of carbonyl (C=O) groups excluding carboxylic acids is 2. The Kier molecular flexibility index (Phi) is 6.39. The molecule has 2 atom stereocenters. The molecule has 0 heterocycles. The van der Waals surface area contributed by atoms with Gasteiger partial charge in [0.15, 0.2) is 0 Å². The van der Waals surface area contributed by atoms with Crippen LogP contribution in [0.4, 0.5) is 0 Å². The summed E-state index contributed by atoms with van der Waals surface area (Å²) in [5, 5.41) is 14.3. The van der Waals surface area contributed by atoms with Gasteiger partial charge in [-0.05, 0) is 12.3 Å². The van der Waals surface area contributed by atoms with Crippen LogP contribution in [0.5, 0.6) is 0 Å². The highest BCUT2D eigenvalue weighted by Crippen LogP contribution is 2.22. The number of amides is 2. The second-order valence-electron chi connectivity index (χ2n) is 7.47. The van der Waals surface area contributed by atoms with Gasteiger partial charge in [-0.15, -0.1) is 0 Å². The third kappa shape index (κ3) is 7.11. The lowest BCUT2D eigenvalue weighted by atomic mass is 9.84. The third-order valence-corrected chi connectivity index (χ3v) is 3.16. The normalized spacial score (nSPS) is 15.0. The maximum atomic E-state index is 12.1. The van der Waals surface area contributed by atoms with Crippen molar-refractivity contribution in [2.24, 2.45) is 10.8 Å². The number of hydrogen-bond donors (Lipinski definition) is 3. The summed E-state index contributed by atoms with van der Waals surface area (Å²) in [5.74, 6) is -1.58. The number of hydrogen-bond acceptors (Lipinski definition) is 3. The molecular formula is C15H28N2O4. The van der Waals surface area contributed by atoms with Crippen LogP contribution in [0.15, 0.2) is 0 Å². The summed E-state index contributed by atoms with van der Waals surface area (Å²) in [7, 11) is 0. The lowest BCUT2D eigenvalue weighted by Crippen LogP contribution is -2.53. The first-order valence-corrected chi connectivity index (χ1v) is 7.08. The van der Waals surface area contributed by atoms with E-state index in [2.05, 4.69) is 10.6 Å². The second kappa shape index (κ2) is 6.91. The number of carboxylic acid groups (broad SMARTS) is 1. The number of aliphatic carboxylic acids is 1. The summed E-state index contributed by atoms with van der Waals surface area (Å²) in [4.78, 5) is 34.9. The second-order valence-corrected chi connectivity index (χ2v) is 7.47. The highest BCUT2D eigenvalue weighted by molar-refractivity contribution is 5.89. The van der Waals surface area contributed by atoms with Crippen LogP contribution >= 0.6 is 0 Å². The molecule has 0 saturated carbocycles. The molecule has 0 rings (SSSR count). The first-order valence-electron chi connectivity index (χ1n) is 7.08. The SMILES string of the molecule is CC(NC(=O)C(C)(C)C)C(=O)NC(CC(=O)O)C(C)(C)C. The van der Waals surface area contributed by atoms with E-state index < -0.39 is 23.5 Å². The third-order valence-electron chi connectivity index (χ3n) is 3.16. The van der Waals surface area contributed by atoms with E-state index in [0.29, 0.717) is 0 Å². The van der Waals surface area contributed by atoms with Crippen LogP contribution in [0.25, 0.3) is 0 Å². The average molecular weight is 300 g/mol. The molecule has 6 heteroatoms. The van der Waals surface area contributed by atoms with Gasteiger partial charge in [0.05, 0.1) is 6.42 Å². The molecule has 0 aromatic carbocycles. The smallest absolute Gasteiger partial charge is 0.305 e. The largest absolute Gasteiger partial charge is 0.481 e. The highest BCUT2D eigenvalue weighted by atomic mass is 16.4. The lowest BCUT2D eigenvalue weighted by Gasteiger charge is -2.31. The molecule has 3 N–H and O–H groups in total. The van der Waals surface area contributed by atoms with Crippen LogP contribution in [0, 0.1) is 10.8 Å². The molecule has 21 heavy (non-hydrogen) atoms. The molecule has 0 aromatic heterocycles. The molecule has 0 fully saturated rings. The van der Waals surface area contributed by atoms with Gasteiger partial charge in [-0.1, -0.05) is 41.5 Å². The lowest BCUT2D eigenvalue weighted by molar-refractivity contribution is -0.139. The summed E-state index contributed by atoms with van der Waals surface area (Å²) >= 11 is 0. The topological polar surface area (TPSA) is 95.5 Å². The molecule has 0 aliphatic rings. The summed E-state index contributed by atoms with van der Waals surface area (Å²) in [6.07, 6.45) is -0.158. The molecule has 0 bridgehead atoms. The van der Waals surface area contributed by atoms with E-state index in [9.17, 15) is 14.4 Å². The molecule has 6 nitrogen and oxygen atoms in total. The minimum Gasteiger partial charge on any atom is -0.481 e. The molecule has 2 amide bonds. The van der Waals surface area contributed by atoms with Gasteiger partial charge in [0.2, 0.25) is 11.8 Å². The zero-order chi connectivity index (χ0) is 17.0. The molecule has 2 unspecified atom stereocenters. The van der Waals surface area contributed by atoms with E-state index in [1.807, 2.05) is 20.8 Å². The number of nitrogens with one attached hydrogen (secondary N) is 2. The highest BCUT2D eigenvalue weighted by Gasteiger charge is 2.31. The van der Waals surface area contributed by atoms with Crippen LogP contribution < -0.4 is 10.6 Å². The van der Waals surface area contributed by atoms with Gasteiger partial charge in [0.1, 0.15) is 6.04 Å². The molecule has 0 spiro atoms. The van der Waals surface area contributed by atoms with Gasteiger partial charge < -0.3 is 15.7 Å². The number of carboxylic acids is 1. The van der Waals surface area contributed by atoms with Crippen molar-refractivity contribution in [3.63, 3.8) is 0 Å². The van der Waals surface area contributed by atoms with Crippen molar-refractivity contribution in [3.8, 4) is 0 Å². The predicted octanol–water partition coefficient (Wildman–Crippen LogP) is 1.54. The van der Waals surface area contributed by atoms with E-state index >= 15 is 0 Å². The summed E-state index contributed by atoms with van der Waals surface area (Å²) in [6.45, 7) is 12.4. The Morgan fingerprint density at radius 1 is 1.00 bits per heavy atom. The van der Waals surface area contributed by atoms with Gasteiger partial charge in [-0.2, -0.15) is 0 Å². The first kappa shape index (κ1) is 19.4. The van der Waals surface area contributed by atoms with Crippen LogP contribution in [0.3, 0.4) is 0 Å². The molecular weight excluding hydrogens is 272 g/mol. The fraction of sp³-hybridized carbons (Fsp3) is 0.800. The number of carbonyl (C=O) groups is 3. The van der Waals surface area contributed by atoms with Crippen LogP contribution in [0.1, 0.15) is 54.9 Å². The van der Waals surface area contributed by atoms with Crippen molar-refractivity contribution < 1.29 is 19.5 Å². The van der Waals surface area contributed by atoms with Gasteiger partial charge >= 0.3 is 5.97 Å². The molecule has 0 aliphatic carbocycles. The van der Waals surface area contributed by atoms with E-state index in [-0.39, 0.29) is 23.7 Å². The zero-order valence-corrected chi connectivity index (χ0v) is 14.0. The fourth-order valence-electron chi connectivity index (χ4n) is 1.52. The van der Waals surface area contributed by atoms with Crippen molar-refractivity contribution in [1.29, 1.82) is 0 Å². The minimum atomic E-state index is -0.971. The minimum absolute atomic E-state index is 0.158. The molecule has 0 radical (unpaired) electrons.